The number of aryl methyl sites for hydroxylation is 1. The quantitative estimate of drug-likeness (QED) is 0.748. The predicted molar refractivity (Wildman–Crippen MR) is 90.1 cm³/mol. The van der Waals surface area contributed by atoms with Gasteiger partial charge in [-0.1, -0.05) is 53.2 Å². The van der Waals surface area contributed by atoms with Crippen molar-refractivity contribution in [1.29, 1.82) is 0 Å². The van der Waals surface area contributed by atoms with Gasteiger partial charge in [-0.15, -0.1) is 0 Å². The Bertz CT molecular complexity index is 556. The lowest BCUT2D eigenvalue weighted by Gasteiger charge is -2.18. The van der Waals surface area contributed by atoms with Crippen molar-refractivity contribution in [3.63, 3.8) is 0 Å². The Balaban J connectivity index is 2.07. The van der Waals surface area contributed by atoms with E-state index in [1.54, 1.807) is 12.1 Å². The van der Waals surface area contributed by atoms with Crippen molar-refractivity contribution < 1.29 is 4.39 Å². The fourth-order valence-corrected chi connectivity index (χ4v) is 2.94. The average Bonchev–Trinajstić information content (AvgIpc) is 2.51. The van der Waals surface area contributed by atoms with Gasteiger partial charge in [0.1, 0.15) is 5.82 Å². The molecule has 1 nitrogen and oxygen atoms in total. The van der Waals surface area contributed by atoms with Crippen LogP contribution >= 0.6 is 15.9 Å². The highest BCUT2D eigenvalue weighted by atomic mass is 79.9. The van der Waals surface area contributed by atoms with Gasteiger partial charge in [-0.25, -0.2) is 4.39 Å². The largest absolute Gasteiger partial charge is 0.316 e. The van der Waals surface area contributed by atoms with Gasteiger partial charge >= 0.3 is 0 Å². The van der Waals surface area contributed by atoms with E-state index in [4.69, 9.17) is 0 Å². The van der Waals surface area contributed by atoms with Gasteiger partial charge in [0.25, 0.3) is 0 Å². The van der Waals surface area contributed by atoms with E-state index in [-0.39, 0.29) is 5.82 Å². The summed E-state index contributed by atoms with van der Waals surface area (Å²) in [6.45, 7) is 4.03. The lowest BCUT2D eigenvalue weighted by molar-refractivity contribution is 0.559. The number of nitrogens with one attached hydrogen (secondary N) is 1. The van der Waals surface area contributed by atoms with Crippen molar-refractivity contribution in [2.24, 2.45) is 0 Å². The molecular formula is C18H21BrFN. The van der Waals surface area contributed by atoms with E-state index in [0.717, 1.165) is 36.0 Å². The van der Waals surface area contributed by atoms with Crippen molar-refractivity contribution in [3.8, 4) is 0 Å². The normalized spacial score (nSPS) is 12.3. The van der Waals surface area contributed by atoms with Gasteiger partial charge in [0.15, 0.2) is 0 Å². The molecular weight excluding hydrogens is 329 g/mol. The SMILES string of the molecule is CCNCC(CCc1cc(F)ccc1Br)c1ccccc1. The molecule has 0 aliphatic carbocycles. The molecule has 0 heterocycles. The van der Waals surface area contributed by atoms with Crippen LogP contribution in [0.15, 0.2) is 53.0 Å². The summed E-state index contributed by atoms with van der Waals surface area (Å²) in [5.74, 6) is 0.275. The Morgan fingerprint density at radius 1 is 1.14 bits per heavy atom. The van der Waals surface area contributed by atoms with Crippen LogP contribution in [0.5, 0.6) is 0 Å². The number of halogens is 2. The third-order valence-corrected chi connectivity index (χ3v) is 4.46. The number of hydrogen-bond acceptors (Lipinski definition) is 1. The van der Waals surface area contributed by atoms with Crippen LogP contribution in [0.4, 0.5) is 4.39 Å². The van der Waals surface area contributed by atoms with Gasteiger partial charge in [0.05, 0.1) is 0 Å². The predicted octanol–water partition coefficient (Wildman–Crippen LogP) is 4.91. The second-order valence-corrected chi connectivity index (χ2v) is 6.04. The Morgan fingerprint density at radius 3 is 2.62 bits per heavy atom. The zero-order valence-corrected chi connectivity index (χ0v) is 13.9. The Hall–Kier alpha value is -1.19. The molecule has 0 radical (unpaired) electrons. The minimum absolute atomic E-state index is 0.170. The third-order valence-electron chi connectivity index (χ3n) is 3.68. The van der Waals surface area contributed by atoms with Crippen LogP contribution in [-0.2, 0) is 6.42 Å². The van der Waals surface area contributed by atoms with E-state index < -0.39 is 0 Å². The van der Waals surface area contributed by atoms with Crippen LogP contribution in [0.1, 0.15) is 30.4 Å². The molecule has 21 heavy (non-hydrogen) atoms. The highest BCUT2D eigenvalue weighted by molar-refractivity contribution is 9.10. The summed E-state index contributed by atoms with van der Waals surface area (Å²) < 4.78 is 14.3. The lowest BCUT2D eigenvalue weighted by Crippen LogP contribution is -2.21. The van der Waals surface area contributed by atoms with Crippen LogP contribution in [-0.4, -0.2) is 13.1 Å². The number of likely N-dealkylation sites (N-methyl/N-ethyl adjacent to an activating group) is 1. The summed E-state index contributed by atoms with van der Waals surface area (Å²) in [5, 5.41) is 3.42. The van der Waals surface area contributed by atoms with Crippen molar-refractivity contribution in [3.05, 3.63) is 69.9 Å². The van der Waals surface area contributed by atoms with E-state index in [1.807, 2.05) is 6.07 Å². The zero-order valence-electron chi connectivity index (χ0n) is 12.3. The fourth-order valence-electron chi connectivity index (χ4n) is 2.49. The van der Waals surface area contributed by atoms with E-state index in [2.05, 4.69) is 52.4 Å². The maximum Gasteiger partial charge on any atom is 0.123 e. The molecule has 0 aromatic heterocycles. The Labute approximate surface area is 134 Å². The van der Waals surface area contributed by atoms with Crippen LogP contribution < -0.4 is 5.32 Å². The minimum atomic E-state index is -0.170. The van der Waals surface area contributed by atoms with E-state index in [9.17, 15) is 4.39 Å². The molecule has 0 saturated heterocycles. The minimum Gasteiger partial charge on any atom is -0.316 e. The molecule has 0 amide bonds. The summed E-state index contributed by atoms with van der Waals surface area (Å²) in [5.41, 5.74) is 2.37. The van der Waals surface area contributed by atoms with Gasteiger partial charge in [-0.3, -0.25) is 0 Å². The van der Waals surface area contributed by atoms with Crippen molar-refractivity contribution in [2.45, 2.75) is 25.7 Å². The first-order valence-electron chi connectivity index (χ1n) is 7.40. The van der Waals surface area contributed by atoms with Crippen LogP contribution in [0.2, 0.25) is 0 Å². The lowest BCUT2D eigenvalue weighted by atomic mass is 9.92. The summed E-state index contributed by atoms with van der Waals surface area (Å²) in [7, 11) is 0. The summed E-state index contributed by atoms with van der Waals surface area (Å²) >= 11 is 3.51. The van der Waals surface area contributed by atoms with Gasteiger partial charge in [0, 0.05) is 11.0 Å². The smallest absolute Gasteiger partial charge is 0.123 e. The standard InChI is InChI=1S/C18H21BrFN/c1-2-21-13-16(14-6-4-3-5-7-14)9-8-15-12-17(20)10-11-18(15)19/h3-7,10-12,16,21H,2,8-9,13H2,1H3. The third kappa shape index (κ3) is 4.94. The summed E-state index contributed by atoms with van der Waals surface area (Å²) in [6, 6.07) is 15.4. The number of rotatable bonds is 7. The number of benzene rings is 2. The van der Waals surface area contributed by atoms with Crippen LogP contribution in [0, 0.1) is 5.82 Å². The maximum atomic E-state index is 13.4. The van der Waals surface area contributed by atoms with Crippen molar-refractivity contribution in [1.82, 2.24) is 5.32 Å². The fraction of sp³-hybridized carbons (Fsp3) is 0.333. The molecule has 1 N–H and O–H groups in total. The van der Waals surface area contributed by atoms with Gasteiger partial charge in [-0.2, -0.15) is 0 Å². The monoisotopic (exact) mass is 349 g/mol. The summed E-state index contributed by atoms with van der Waals surface area (Å²) in [6.07, 6.45) is 1.86. The Kier molecular flexibility index (Phi) is 6.40. The Morgan fingerprint density at radius 2 is 1.90 bits per heavy atom. The average molecular weight is 350 g/mol. The molecule has 112 valence electrons. The van der Waals surface area contributed by atoms with Gasteiger partial charge in [-0.05, 0) is 54.6 Å². The second-order valence-electron chi connectivity index (χ2n) is 5.19. The molecule has 2 aromatic carbocycles. The summed E-state index contributed by atoms with van der Waals surface area (Å²) in [4.78, 5) is 0. The van der Waals surface area contributed by atoms with Crippen molar-refractivity contribution in [2.75, 3.05) is 13.1 Å². The van der Waals surface area contributed by atoms with E-state index in [1.165, 1.54) is 11.6 Å². The molecule has 0 fully saturated rings. The molecule has 1 unspecified atom stereocenters. The topological polar surface area (TPSA) is 12.0 Å². The van der Waals surface area contributed by atoms with E-state index >= 15 is 0 Å². The van der Waals surface area contributed by atoms with Crippen LogP contribution in [0.25, 0.3) is 0 Å². The highest BCUT2D eigenvalue weighted by Gasteiger charge is 2.12. The maximum absolute atomic E-state index is 13.4. The molecule has 2 aromatic rings. The molecule has 0 bridgehead atoms. The molecule has 2 rings (SSSR count). The molecule has 0 spiro atoms. The molecule has 1 atom stereocenters. The van der Waals surface area contributed by atoms with E-state index in [0.29, 0.717) is 5.92 Å². The first-order valence-corrected chi connectivity index (χ1v) is 8.19. The number of hydrogen-bond donors (Lipinski definition) is 1. The first-order chi connectivity index (χ1) is 10.2. The van der Waals surface area contributed by atoms with Crippen LogP contribution in [0.3, 0.4) is 0 Å². The molecule has 0 aliphatic heterocycles. The highest BCUT2D eigenvalue weighted by Crippen LogP contribution is 2.25. The molecule has 0 aliphatic rings. The van der Waals surface area contributed by atoms with Gasteiger partial charge < -0.3 is 5.32 Å². The molecule has 0 saturated carbocycles. The first kappa shape index (κ1) is 16.2. The zero-order chi connectivity index (χ0) is 15.1. The molecule has 3 heteroatoms. The second kappa shape index (κ2) is 8.30. The van der Waals surface area contributed by atoms with Gasteiger partial charge in [0.2, 0.25) is 0 Å². The van der Waals surface area contributed by atoms with Crippen molar-refractivity contribution >= 4 is 15.9 Å².